The van der Waals surface area contributed by atoms with Crippen molar-refractivity contribution in [2.24, 2.45) is 0 Å². The fourth-order valence-corrected chi connectivity index (χ4v) is 2.05. The Morgan fingerprint density at radius 2 is 2.30 bits per heavy atom. The molecule has 0 fully saturated rings. The van der Waals surface area contributed by atoms with Gasteiger partial charge in [0.2, 0.25) is 0 Å². The molecule has 20 heavy (non-hydrogen) atoms. The van der Waals surface area contributed by atoms with Crippen LogP contribution in [0.4, 0.5) is 5.82 Å². The molecule has 102 valence electrons. The number of anilines is 1. The number of aryl methyl sites for hydroxylation is 1. The monoisotopic (exact) mass is 270 g/mol. The number of aromatic amines is 1. The second kappa shape index (κ2) is 5.12. The van der Waals surface area contributed by atoms with Crippen molar-refractivity contribution in [2.45, 2.75) is 13.3 Å². The Hall–Kier alpha value is -2.70. The van der Waals surface area contributed by atoms with E-state index >= 15 is 0 Å². The van der Waals surface area contributed by atoms with Gasteiger partial charge in [-0.25, -0.2) is 19.3 Å². The highest BCUT2D eigenvalue weighted by Gasteiger charge is 2.06. The minimum Gasteiger partial charge on any atom is -0.370 e. The van der Waals surface area contributed by atoms with E-state index in [1.807, 2.05) is 18.2 Å². The first-order valence-corrected chi connectivity index (χ1v) is 6.32. The highest BCUT2D eigenvalue weighted by molar-refractivity contribution is 5.49. The maximum atomic E-state index is 11.5. The zero-order chi connectivity index (χ0) is 13.9. The first-order chi connectivity index (χ1) is 9.74. The van der Waals surface area contributed by atoms with Crippen molar-refractivity contribution in [1.82, 2.24) is 24.6 Å². The second-order valence-electron chi connectivity index (χ2n) is 4.41. The molecule has 0 radical (unpaired) electrons. The number of nitrogens with zero attached hydrogens (tertiary/aromatic N) is 4. The lowest BCUT2D eigenvalue weighted by molar-refractivity contribution is 0.916. The highest BCUT2D eigenvalue weighted by Crippen LogP contribution is 2.07. The Kier molecular flexibility index (Phi) is 3.16. The summed E-state index contributed by atoms with van der Waals surface area (Å²) in [4.78, 5) is 20.1. The standard InChI is InChI=1S/C13H14N6O/c1-9-16-11(8-12-17-18-13(20)19(9)12)15-7-5-10-4-2-3-6-14-10/h2-4,6,8,15H,5,7H2,1H3,(H,18,20). The number of fused-ring (bicyclic) bond motifs is 1. The Morgan fingerprint density at radius 3 is 3.10 bits per heavy atom. The molecule has 7 heteroatoms. The van der Waals surface area contributed by atoms with Crippen molar-refractivity contribution < 1.29 is 0 Å². The number of H-pyrrole nitrogens is 1. The number of nitrogens with one attached hydrogen (secondary N) is 2. The van der Waals surface area contributed by atoms with E-state index < -0.39 is 0 Å². The summed E-state index contributed by atoms with van der Waals surface area (Å²) in [5.74, 6) is 1.30. The third-order valence-corrected chi connectivity index (χ3v) is 2.98. The minimum absolute atomic E-state index is 0.273. The van der Waals surface area contributed by atoms with Gasteiger partial charge in [-0.2, -0.15) is 5.10 Å². The van der Waals surface area contributed by atoms with Crippen LogP contribution in [0.15, 0.2) is 35.3 Å². The van der Waals surface area contributed by atoms with Crippen LogP contribution in [0.1, 0.15) is 11.5 Å². The minimum atomic E-state index is -0.273. The fraction of sp³-hybridized carbons (Fsp3) is 0.231. The van der Waals surface area contributed by atoms with Crippen LogP contribution in [0.25, 0.3) is 5.65 Å². The van der Waals surface area contributed by atoms with Crippen LogP contribution in [-0.2, 0) is 6.42 Å². The average Bonchev–Trinajstić information content (AvgIpc) is 2.82. The SMILES string of the molecule is Cc1nc(NCCc2ccccn2)cc2n[nH]c(=O)n12. The van der Waals surface area contributed by atoms with E-state index in [4.69, 9.17) is 0 Å². The second-order valence-corrected chi connectivity index (χ2v) is 4.41. The molecule has 0 aliphatic rings. The Labute approximate surface area is 114 Å². The molecule has 0 saturated heterocycles. The van der Waals surface area contributed by atoms with Gasteiger partial charge >= 0.3 is 5.69 Å². The number of aromatic nitrogens is 5. The van der Waals surface area contributed by atoms with Gasteiger partial charge in [0.1, 0.15) is 11.6 Å². The van der Waals surface area contributed by atoms with E-state index in [2.05, 4.69) is 25.5 Å². The predicted molar refractivity (Wildman–Crippen MR) is 74.8 cm³/mol. The summed E-state index contributed by atoms with van der Waals surface area (Å²) < 4.78 is 1.43. The lowest BCUT2D eigenvalue weighted by atomic mass is 10.3. The van der Waals surface area contributed by atoms with Crippen molar-refractivity contribution in [3.05, 3.63) is 52.5 Å². The highest BCUT2D eigenvalue weighted by atomic mass is 16.1. The van der Waals surface area contributed by atoms with Gasteiger partial charge in [0.05, 0.1) is 0 Å². The molecular weight excluding hydrogens is 256 g/mol. The lowest BCUT2D eigenvalue weighted by Gasteiger charge is -2.06. The van der Waals surface area contributed by atoms with Gasteiger partial charge < -0.3 is 5.32 Å². The van der Waals surface area contributed by atoms with Crippen LogP contribution in [0.2, 0.25) is 0 Å². The van der Waals surface area contributed by atoms with Gasteiger partial charge in [-0.05, 0) is 19.1 Å². The quantitative estimate of drug-likeness (QED) is 0.731. The van der Waals surface area contributed by atoms with Gasteiger partial charge in [0, 0.05) is 30.9 Å². The van der Waals surface area contributed by atoms with Crippen molar-refractivity contribution in [1.29, 1.82) is 0 Å². The topological polar surface area (TPSA) is 88.0 Å². The molecule has 0 spiro atoms. The summed E-state index contributed by atoms with van der Waals surface area (Å²) >= 11 is 0. The molecule has 0 aliphatic heterocycles. The molecule has 3 aromatic rings. The number of pyridine rings is 1. The van der Waals surface area contributed by atoms with Crippen molar-refractivity contribution in [3.8, 4) is 0 Å². The number of rotatable bonds is 4. The molecule has 0 atom stereocenters. The summed E-state index contributed by atoms with van der Waals surface area (Å²) in [7, 11) is 0. The first kappa shape index (κ1) is 12.3. The summed E-state index contributed by atoms with van der Waals surface area (Å²) in [6.07, 6.45) is 2.58. The Morgan fingerprint density at radius 1 is 1.40 bits per heavy atom. The average molecular weight is 270 g/mol. The Balaban J connectivity index is 1.73. The lowest BCUT2D eigenvalue weighted by Crippen LogP contribution is -2.14. The molecule has 3 rings (SSSR count). The molecule has 0 aromatic carbocycles. The van der Waals surface area contributed by atoms with Gasteiger partial charge in [0.25, 0.3) is 0 Å². The van der Waals surface area contributed by atoms with E-state index in [9.17, 15) is 4.79 Å². The number of hydrogen-bond acceptors (Lipinski definition) is 5. The van der Waals surface area contributed by atoms with Crippen LogP contribution in [-0.4, -0.2) is 31.1 Å². The molecule has 0 saturated carbocycles. The van der Waals surface area contributed by atoms with Crippen LogP contribution in [0.5, 0.6) is 0 Å². The Bertz CT molecular complexity index is 776. The van der Waals surface area contributed by atoms with Crippen molar-refractivity contribution >= 4 is 11.5 Å². The van der Waals surface area contributed by atoms with E-state index in [1.54, 1.807) is 19.2 Å². The maximum absolute atomic E-state index is 11.5. The fourth-order valence-electron chi connectivity index (χ4n) is 2.05. The number of hydrogen-bond donors (Lipinski definition) is 2. The van der Waals surface area contributed by atoms with Crippen LogP contribution < -0.4 is 11.0 Å². The molecule has 7 nitrogen and oxygen atoms in total. The first-order valence-electron chi connectivity index (χ1n) is 6.32. The summed E-state index contributed by atoms with van der Waals surface area (Å²) in [5, 5.41) is 9.56. The zero-order valence-electron chi connectivity index (χ0n) is 11.0. The molecule has 2 N–H and O–H groups in total. The van der Waals surface area contributed by atoms with Crippen LogP contribution in [0.3, 0.4) is 0 Å². The largest absolute Gasteiger partial charge is 0.370 e. The summed E-state index contributed by atoms with van der Waals surface area (Å²) in [6.45, 7) is 2.49. The predicted octanol–water partition coefficient (Wildman–Crippen LogP) is 0.776. The van der Waals surface area contributed by atoms with E-state index in [0.717, 1.165) is 12.1 Å². The zero-order valence-corrected chi connectivity index (χ0v) is 11.0. The van der Waals surface area contributed by atoms with E-state index in [-0.39, 0.29) is 5.69 Å². The summed E-state index contributed by atoms with van der Waals surface area (Å²) in [5.41, 5.74) is 1.31. The van der Waals surface area contributed by atoms with Crippen molar-refractivity contribution in [3.63, 3.8) is 0 Å². The van der Waals surface area contributed by atoms with Crippen LogP contribution in [0, 0.1) is 6.92 Å². The molecule has 3 aromatic heterocycles. The normalized spacial score (nSPS) is 10.8. The van der Waals surface area contributed by atoms with Gasteiger partial charge in [-0.3, -0.25) is 4.98 Å². The molecule has 0 aliphatic carbocycles. The summed E-state index contributed by atoms with van der Waals surface area (Å²) in [6, 6.07) is 7.58. The molecule has 3 heterocycles. The molecule has 0 bridgehead atoms. The van der Waals surface area contributed by atoms with Gasteiger partial charge in [-0.15, -0.1) is 0 Å². The van der Waals surface area contributed by atoms with E-state index in [0.29, 0.717) is 23.8 Å². The van der Waals surface area contributed by atoms with Gasteiger partial charge in [0.15, 0.2) is 5.65 Å². The molecular formula is C13H14N6O. The molecule has 0 unspecified atom stereocenters. The smallest absolute Gasteiger partial charge is 0.349 e. The third-order valence-electron chi connectivity index (χ3n) is 2.98. The van der Waals surface area contributed by atoms with Crippen molar-refractivity contribution in [2.75, 3.05) is 11.9 Å². The molecule has 0 amide bonds. The van der Waals surface area contributed by atoms with Crippen LogP contribution >= 0.6 is 0 Å². The van der Waals surface area contributed by atoms with Gasteiger partial charge in [-0.1, -0.05) is 6.07 Å². The third kappa shape index (κ3) is 2.37. The van der Waals surface area contributed by atoms with E-state index in [1.165, 1.54) is 4.40 Å². The maximum Gasteiger partial charge on any atom is 0.349 e.